The third kappa shape index (κ3) is 9.07. The van der Waals surface area contributed by atoms with Gasteiger partial charge < -0.3 is 20.7 Å². The molecule has 0 unspecified atom stereocenters. The van der Waals surface area contributed by atoms with Crippen molar-refractivity contribution in [2.45, 2.75) is 63.2 Å². The Bertz CT molecular complexity index is 1540. The number of rotatable bonds is 12. The Morgan fingerprint density at radius 1 is 0.905 bits per heavy atom. The first-order chi connectivity index (χ1) is 19.7. The molecule has 10 nitrogen and oxygen atoms in total. The number of aryl methyl sites for hydroxylation is 1. The summed E-state index contributed by atoms with van der Waals surface area (Å²) >= 11 is 0. The lowest BCUT2D eigenvalue weighted by Gasteiger charge is -2.25. The van der Waals surface area contributed by atoms with Gasteiger partial charge in [-0.15, -0.1) is 0 Å². The van der Waals surface area contributed by atoms with E-state index in [9.17, 15) is 27.2 Å². The molecule has 0 heterocycles. The molecule has 0 aromatic heterocycles. The fourth-order valence-corrected chi connectivity index (χ4v) is 5.42. The maximum Gasteiger partial charge on any atom is 0.245 e. The van der Waals surface area contributed by atoms with E-state index in [1.165, 1.54) is 25.3 Å². The molecule has 0 fully saturated rings. The van der Waals surface area contributed by atoms with Crippen LogP contribution in [0, 0.1) is 12.7 Å². The van der Waals surface area contributed by atoms with E-state index in [-0.39, 0.29) is 23.9 Å². The van der Waals surface area contributed by atoms with Crippen LogP contribution in [0.5, 0.6) is 0 Å². The van der Waals surface area contributed by atoms with Crippen molar-refractivity contribution in [1.29, 1.82) is 0 Å². The molecule has 4 N–H and O–H groups in total. The molecule has 3 amide bonds. The van der Waals surface area contributed by atoms with Gasteiger partial charge in [-0.1, -0.05) is 48.0 Å². The van der Waals surface area contributed by atoms with Crippen LogP contribution in [-0.4, -0.2) is 57.5 Å². The van der Waals surface area contributed by atoms with Gasteiger partial charge in [-0.05, 0) is 56.8 Å². The monoisotopic (exact) mass is 600 g/mol. The number of amides is 3. The number of sulfonamides is 1. The Balaban J connectivity index is 1.79. The number of methoxy groups -OCH3 is 1. The van der Waals surface area contributed by atoms with Crippen LogP contribution in [0.4, 0.5) is 4.39 Å². The minimum Gasteiger partial charge on any atom is -0.382 e. The summed E-state index contributed by atoms with van der Waals surface area (Å²) in [6, 6.07) is 13.0. The molecule has 0 radical (unpaired) electrons. The number of nitrogens with one attached hydrogen (secondary N) is 4. The summed E-state index contributed by atoms with van der Waals surface area (Å²) in [5.41, 5.74) is 0.872. The lowest BCUT2D eigenvalue weighted by atomic mass is 10.0. The number of hydrogen-bond donors (Lipinski definition) is 4. The number of hydrogen-bond acceptors (Lipinski definition) is 6. The van der Waals surface area contributed by atoms with Crippen molar-refractivity contribution in [3.63, 3.8) is 0 Å². The van der Waals surface area contributed by atoms with Gasteiger partial charge in [0.05, 0.1) is 17.9 Å². The predicted molar refractivity (Wildman–Crippen MR) is 157 cm³/mol. The van der Waals surface area contributed by atoms with E-state index in [4.69, 9.17) is 4.74 Å². The third-order valence-corrected chi connectivity index (χ3v) is 7.72. The quantitative estimate of drug-likeness (QED) is 0.252. The van der Waals surface area contributed by atoms with Crippen LogP contribution in [-0.2, 0) is 35.7 Å². The van der Waals surface area contributed by atoms with Gasteiger partial charge in [0.1, 0.15) is 17.9 Å². The SMILES string of the molecule is COC[C@H](NC(=O)[C@H](CC(=O)NC(C)(C)C)NS(=O)(=O)c1ccc(C)cc1)C(=O)NCc1ccc(F)c2ccccc12. The summed E-state index contributed by atoms with van der Waals surface area (Å²) in [6.45, 7) is 6.86. The van der Waals surface area contributed by atoms with Crippen LogP contribution in [0.15, 0.2) is 65.6 Å². The molecule has 3 rings (SSSR count). The average Bonchev–Trinajstić information content (AvgIpc) is 2.91. The lowest BCUT2D eigenvalue weighted by Crippen LogP contribution is -2.56. The van der Waals surface area contributed by atoms with E-state index in [0.29, 0.717) is 16.3 Å². The van der Waals surface area contributed by atoms with Crippen molar-refractivity contribution in [2.24, 2.45) is 0 Å². The minimum absolute atomic E-state index is 0.0349. The normalized spacial score (nSPS) is 13.3. The molecule has 3 aromatic carbocycles. The summed E-state index contributed by atoms with van der Waals surface area (Å²) in [6.07, 6.45) is -0.517. The van der Waals surface area contributed by atoms with Crippen LogP contribution in [0.3, 0.4) is 0 Å². The first-order valence-electron chi connectivity index (χ1n) is 13.3. The highest BCUT2D eigenvalue weighted by molar-refractivity contribution is 7.89. The maximum absolute atomic E-state index is 14.2. The van der Waals surface area contributed by atoms with E-state index in [1.54, 1.807) is 70.2 Å². The number of carbonyl (C=O) groups is 3. The van der Waals surface area contributed by atoms with Gasteiger partial charge in [-0.2, -0.15) is 4.72 Å². The number of ether oxygens (including phenoxy) is 1. The molecule has 0 bridgehead atoms. The molecule has 2 atom stereocenters. The van der Waals surface area contributed by atoms with Gasteiger partial charge in [-0.25, -0.2) is 12.8 Å². The standard InChI is InChI=1S/C30H37FN4O6S/c1-19-10-13-21(14-11-19)42(39,40)35-25(16-27(36)34-30(2,3)4)29(38)33-26(18-41-5)28(37)32-17-20-12-15-24(31)23-9-7-6-8-22(20)23/h6-15,25-26,35H,16-18H2,1-5H3,(H,32,37)(H,33,38)(H,34,36)/t25-,26-/m0/s1. The lowest BCUT2D eigenvalue weighted by molar-refractivity contribution is -0.132. The molecule has 0 aliphatic rings. The second-order valence-corrected chi connectivity index (χ2v) is 12.7. The summed E-state index contributed by atoms with van der Waals surface area (Å²) in [7, 11) is -2.86. The molecule has 0 aliphatic heterocycles. The van der Waals surface area contributed by atoms with E-state index in [1.807, 2.05) is 0 Å². The van der Waals surface area contributed by atoms with Gasteiger partial charge in [0, 0.05) is 24.6 Å². The average molecular weight is 601 g/mol. The van der Waals surface area contributed by atoms with E-state index < -0.39 is 51.8 Å². The molecule has 0 saturated carbocycles. The van der Waals surface area contributed by atoms with Crippen molar-refractivity contribution in [3.8, 4) is 0 Å². The number of fused-ring (bicyclic) bond motifs is 1. The Kier molecular flexibility index (Phi) is 10.8. The molecule has 12 heteroatoms. The van der Waals surface area contributed by atoms with Crippen LogP contribution in [0.25, 0.3) is 10.8 Å². The summed E-state index contributed by atoms with van der Waals surface area (Å²) in [5, 5.41) is 8.97. The van der Waals surface area contributed by atoms with Gasteiger partial charge >= 0.3 is 0 Å². The highest BCUT2D eigenvalue weighted by Crippen LogP contribution is 2.21. The Labute approximate surface area is 245 Å². The molecule has 0 spiro atoms. The largest absolute Gasteiger partial charge is 0.382 e. The third-order valence-electron chi connectivity index (χ3n) is 6.23. The number of halogens is 1. The first-order valence-corrected chi connectivity index (χ1v) is 14.8. The van der Waals surface area contributed by atoms with Gasteiger partial charge in [0.2, 0.25) is 27.7 Å². The van der Waals surface area contributed by atoms with Crippen LogP contribution in [0.1, 0.15) is 38.3 Å². The van der Waals surface area contributed by atoms with Crippen molar-refractivity contribution in [3.05, 3.63) is 77.6 Å². The molecular weight excluding hydrogens is 563 g/mol. The Morgan fingerprint density at radius 2 is 1.55 bits per heavy atom. The molecule has 0 saturated heterocycles. The van der Waals surface area contributed by atoms with Gasteiger partial charge in [-0.3, -0.25) is 14.4 Å². The number of benzene rings is 3. The van der Waals surface area contributed by atoms with Gasteiger partial charge in [0.25, 0.3) is 0 Å². The minimum atomic E-state index is -4.20. The second-order valence-electron chi connectivity index (χ2n) is 11.0. The first kappa shape index (κ1) is 32.6. The van der Waals surface area contributed by atoms with Crippen molar-refractivity contribution in [2.75, 3.05) is 13.7 Å². The smallest absolute Gasteiger partial charge is 0.245 e. The highest BCUT2D eigenvalue weighted by atomic mass is 32.2. The number of carbonyl (C=O) groups excluding carboxylic acids is 3. The van der Waals surface area contributed by atoms with Crippen molar-refractivity contribution in [1.82, 2.24) is 20.7 Å². The fourth-order valence-electron chi connectivity index (χ4n) is 4.22. The molecule has 226 valence electrons. The molecule has 3 aromatic rings. The highest BCUT2D eigenvalue weighted by Gasteiger charge is 2.32. The van der Waals surface area contributed by atoms with Crippen LogP contribution < -0.4 is 20.7 Å². The molecular formula is C30H37FN4O6S. The fraction of sp³-hybridized carbons (Fsp3) is 0.367. The second kappa shape index (κ2) is 13.9. The molecule has 42 heavy (non-hydrogen) atoms. The maximum atomic E-state index is 14.2. The van der Waals surface area contributed by atoms with Crippen molar-refractivity contribution >= 4 is 38.5 Å². The van der Waals surface area contributed by atoms with Crippen LogP contribution in [0.2, 0.25) is 0 Å². The molecule has 0 aliphatic carbocycles. The topological polar surface area (TPSA) is 143 Å². The Hall–Kier alpha value is -3.87. The van der Waals surface area contributed by atoms with E-state index in [0.717, 1.165) is 5.56 Å². The van der Waals surface area contributed by atoms with E-state index in [2.05, 4.69) is 20.7 Å². The zero-order valence-corrected chi connectivity index (χ0v) is 25.1. The van der Waals surface area contributed by atoms with Gasteiger partial charge in [0.15, 0.2) is 0 Å². The summed E-state index contributed by atoms with van der Waals surface area (Å²) in [5.74, 6) is -2.46. The Morgan fingerprint density at radius 3 is 2.17 bits per heavy atom. The predicted octanol–water partition coefficient (Wildman–Crippen LogP) is 2.69. The summed E-state index contributed by atoms with van der Waals surface area (Å²) < 4.78 is 47.9. The zero-order chi connectivity index (χ0) is 31.1. The van der Waals surface area contributed by atoms with Crippen LogP contribution >= 0.6 is 0 Å². The zero-order valence-electron chi connectivity index (χ0n) is 24.3. The van der Waals surface area contributed by atoms with E-state index >= 15 is 0 Å². The van der Waals surface area contributed by atoms with Crippen molar-refractivity contribution < 1.29 is 31.9 Å². The summed E-state index contributed by atoms with van der Waals surface area (Å²) in [4.78, 5) is 39.1.